The summed E-state index contributed by atoms with van der Waals surface area (Å²) in [5.41, 5.74) is -0.141. The van der Waals surface area contributed by atoms with Crippen LogP contribution in [0.5, 0.6) is 0 Å². The van der Waals surface area contributed by atoms with Crippen molar-refractivity contribution in [2.45, 2.75) is 38.7 Å². The predicted molar refractivity (Wildman–Crippen MR) is 83.3 cm³/mol. The number of piperidine rings is 1. The van der Waals surface area contributed by atoms with Gasteiger partial charge in [0.15, 0.2) is 5.96 Å². The molecule has 120 valence electrons. The second-order valence-corrected chi connectivity index (χ2v) is 6.84. The van der Waals surface area contributed by atoms with Gasteiger partial charge in [0.1, 0.15) is 0 Å². The number of hydrogen-bond donors (Lipinski definition) is 2. The van der Waals surface area contributed by atoms with E-state index in [4.69, 9.17) is 4.74 Å². The SMILES string of the molecule is CN=C(NCC(C)(C)OC)N1CCCC2(CNC(=O)C2)C1. The second kappa shape index (κ2) is 6.22. The number of likely N-dealkylation sites (tertiary alicyclic amines) is 1. The van der Waals surface area contributed by atoms with Gasteiger partial charge in [0, 0.05) is 52.2 Å². The molecule has 21 heavy (non-hydrogen) atoms. The molecule has 0 aliphatic carbocycles. The lowest BCUT2D eigenvalue weighted by Gasteiger charge is -2.41. The van der Waals surface area contributed by atoms with Gasteiger partial charge in [0.2, 0.25) is 5.91 Å². The number of rotatable bonds is 3. The summed E-state index contributed by atoms with van der Waals surface area (Å²) in [6, 6.07) is 0. The quantitative estimate of drug-likeness (QED) is 0.591. The molecule has 0 aromatic rings. The molecule has 0 aromatic carbocycles. The molecule has 2 saturated heterocycles. The summed E-state index contributed by atoms with van der Waals surface area (Å²) in [6.07, 6.45) is 2.86. The molecule has 0 radical (unpaired) electrons. The summed E-state index contributed by atoms with van der Waals surface area (Å²) < 4.78 is 5.44. The van der Waals surface area contributed by atoms with Crippen LogP contribution in [0, 0.1) is 5.41 Å². The van der Waals surface area contributed by atoms with E-state index in [1.165, 1.54) is 0 Å². The van der Waals surface area contributed by atoms with Gasteiger partial charge in [-0.2, -0.15) is 0 Å². The molecule has 2 heterocycles. The molecule has 1 spiro atoms. The Morgan fingerprint density at radius 3 is 2.90 bits per heavy atom. The van der Waals surface area contributed by atoms with Crippen molar-refractivity contribution >= 4 is 11.9 Å². The predicted octanol–water partition coefficient (Wildman–Crippen LogP) is 0.589. The molecule has 2 rings (SSSR count). The van der Waals surface area contributed by atoms with Crippen molar-refractivity contribution < 1.29 is 9.53 Å². The lowest BCUT2D eigenvalue weighted by atomic mass is 9.79. The number of guanidine groups is 1. The van der Waals surface area contributed by atoms with Crippen LogP contribution in [0.2, 0.25) is 0 Å². The van der Waals surface area contributed by atoms with E-state index < -0.39 is 0 Å². The number of carbonyl (C=O) groups is 1. The Kier molecular flexibility index (Phi) is 4.76. The molecule has 2 N–H and O–H groups in total. The molecule has 1 atom stereocenters. The van der Waals surface area contributed by atoms with Crippen molar-refractivity contribution in [3.05, 3.63) is 0 Å². The molecule has 6 nitrogen and oxygen atoms in total. The molecule has 0 bridgehead atoms. The van der Waals surface area contributed by atoms with Crippen LogP contribution >= 0.6 is 0 Å². The molecule has 2 aliphatic heterocycles. The average molecular weight is 296 g/mol. The third-order valence-electron chi connectivity index (χ3n) is 4.59. The van der Waals surface area contributed by atoms with Gasteiger partial charge in [0.25, 0.3) is 0 Å². The van der Waals surface area contributed by atoms with E-state index in [1.54, 1.807) is 7.11 Å². The number of ether oxygens (including phenoxy) is 1. The third-order valence-corrected chi connectivity index (χ3v) is 4.59. The Hall–Kier alpha value is -1.30. The van der Waals surface area contributed by atoms with Crippen molar-refractivity contribution in [3.63, 3.8) is 0 Å². The number of aliphatic imine (C=N–C) groups is 1. The third kappa shape index (κ3) is 3.87. The number of carbonyl (C=O) groups excluding carboxylic acids is 1. The van der Waals surface area contributed by atoms with E-state index in [1.807, 2.05) is 20.9 Å². The molecule has 2 aliphatic rings. The van der Waals surface area contributed by atoms with Gasteiger partial charge >= 0.3 is 0 Å². The molecule has 1 amide bonds. The molecule has 0 aromatic heterocycles. The number of nitrogens with zero attached hydrogens (tertiary/aromatic N) is 2. The Labute approximate surface area is 127 Å². The average Bonchev–Trinajstić information content (AvgIpc) is 2.80. The van der Waals surface area contributed by atoms with Crippen LogP contribution in [0.4, 0.5) is 0 Å². The molecule has 6 heteroatoms. The maximum atomic E-state index is 11.6. The summed E-state index contributed by atoms with van der Waals surface area (Å²) in [7, 11) is 3.53. The van der Waals surface area contributed by atoms with E-state index in [2.05, 4.69) is 20.5 Å². The number of amides is 1. The highest BCUT2D eigenvalue weighted by atomic mass is 16.5. The maximum Gasteiger partial charge on any atom is 0.220 e. The van der Waals surface area contributed by atoms with Gasteiger partial charge < -0.3 is 20.3 Å². The van der Waals surface area contributed by atoms with Gasteiger partial charge in [-0.15, -0.1) is 0 Å². The van der Waals surface area contributed by atoms with Gasteiger partial charge in [0.05, 0.1) is 5.60 Å². The van der Waals surface area contributed by atoms with Gasteiger partial charge in [-0.25, -0.2) is 0 Å². The molecule has 2 fully saturated rings. The zero-order chi connectivity index (χ0) is 15.5. The Morgan fingerprint density at radius 2 is 2.33 bits per heavy atom. The molecule has 1 unspecified atom stereocenters. The van der Waals surface area contributed by atoms with E-state index in [9.17, 15) is 4.79 Å². The first kappa shape index (κ1) is 16.1. The minimum Gasteiger partial charge on any atom is -0.377 e. The first-order chi connectivity index (χ1) is 9.90. The van der Waals surface area contributed by atoms with Crippen molar-refractivity contribution in [2.24, 2.45) is 10.4 Å². The fourth-order valence-electron chi connectivity index (χ4n) is 3.13. The molecular formula is C15H28N4O2. The standard InChI is InChI=1S/C15H28N4O2/c1-14(2,21-4)9-18-13(16-3)19-7-5-6-15(11-19)8-12(20)17-10-15/h5-11H2,1-4H3,(H,16,18)(H,17,20). The topological polar surface area (TPSA) is 66.0 Å². The zero-order valence-electron chi connectivity index (χ0n) is 13.7. The lowest BCUT2D eigenvalue weighted by molar-refractivity contribution is -0.119. The highest BCUT2D eigenvalue weighted by molar-refractivity contribution is 5.81. The van der Waals surface area contributed by atoms with E-state index in [-0.39, 0.29) is 16.9 Å². The summed E-state index contributed by atoms with van der Waals surface area (Å²) in [4.78, 5) is 18.2. The van der Waals surface area contributed by atoms with Gasteiger partial charge in [-0.3, -0.25) is 9.79 Å². The zero-order valence-corrected chi connectivity index (χ0v) is 13.7. The summed E-state index contributed by atoms with van der Waals surface area (Å²) in [5, 5.41) is 6.37. The van der Waals surface area contributed by atoms with Crippen molar-refractivity contribution in [3.8, 4) is 0 Å². The summed E-state index contributed by atoms with van der Waals surface area (Å²) >= 11 is 0. The molecular weight excluding hydrogens is 268 g/mol. The minimum absolute atomic E-state index is 0.0870. The van der Waals surface area contributed by atoms with Crippen molar-refractivity contribution in [1.82, 2.24) is 15.5 Å². The Balaban J connectivity index is 1.97. The van der Waals surface area contributed by atoms with Crippen LogP contribution in [0.25, 0.3) is 0 Å². The number of hydrogen-bond acceptors (Lipinski definition) is 3. The molecule has 0 saturated carbocycles. The van der Waals surface area contributed by atoms with Crippen LogP contribution < -0.4 is 10.6 Å². The van der Waals surface area contributed by atoms with Crippen LogP contribution in [-0.2, 0) is 9.53 Å². The van der Waals surface area contributed by atoms with Crippen LogP contribution in [0.1, 0.15) is 33.1 Å². The van der Waals surface area contributed by atoms with E-state index in [0.29, 0.717) is 13.0 Å². The number of nitrogens with one attached hydrogen (secondary N) is 2. The smallest absolute Gasteiger partial charge is 0.220 e. The Morgan fingerprint density at radius 1 is 1.57 bits per heavy atom. The number of methoxy groups -OCH3 is 1. The lowest BCUT2D eigenvalue weighted by Crippen LogP contribution is -2.53. The van der Waals surface area contributed by atoms with Gasteiger partial charge in [-0.05, 0) is 26.7 Å². The fourth-order valence-corrected chi connectivity index (χ4v) is 3.13. The second-order valence-electron chi connectivity index (χ2n) is 6.84. The minimum atomic E-state index is -0.228. The van der Waals surface area contributed by atoms with Crippen molar-refractivity contribution in [2.75, 3.05) is 40.3 Å². The fraction of sp³-hybridized carbons (Fsp3) is 0.867. The van der Waals surface area contributed by atoms with Crippen molar-refractivity contribution in [1.29, 1.82) is 0 Å². The maximum absolute atomic E-state index is 11.6. The van der Waals surface area contributed by atoms with Crippen LogP contribution in [0.3, 0.4) is 0 Å². The highest BCUT2D eigenvalue weighted by Crippen LogP contribution is 2.35. The first-order valence-corrected chi connectivity index (χ1v) is 7.67. The van der Waals surface area contributed by atoms with Crippen LogP contribution in [0.15, 0.2) is 4.99 Å². The summed E-state index contributed by atoms with van der Waals surface area (Å²) in [5.74, 6) is 1.08. The van der Waals surface area contributed by atoms with Crippen LogP contribution in [-0.4, -0.2) is 62.7 Å². The van der Waals surface area contributed by atoms with E-state index in [0.717, 1.165) is 38.4 Å². The van der Waals surface area contributed by atoms with E-state index >= 15 is 0 Å². The summed E-state index contributed by atoms with van der Waals surface area (Å²) in [6.45, 7) is 7.47. The van der Waals surface area contributed by atoms with Gasteiger partial charge in [-0.1, -0.05) is 0 Å². The largest absolute Gasteiger partial charge is 0.377 e. The Bertz CT molecular complexity index is 422. The highest BCUT2D eigenvalue weighted by Gasteiger charge is 2.42. The monoisotopic (exact) mass is 296 g/mol. The normalized spacial score (nSPS) is 27.1. The first-order valence-electron chi connectivity index (χ1n) is 7.67.